The average molecular weight is 394 g/mol. The first-order valence-corrected chi connectivity index (χ1v) is 9.76. The van der Waals surface area contributed by atoms with Crippen LogP contribution in [0.5, 0.6) is 0 Å². The van der Waals surface area contributed by atoms with Crippen molar-refractivity contribution in [3.8, 4) is 10.6 Å². The van der Waals surface area contributed by atoms with Crippen molar-refractivity contribution in [1.29, 1.82) is 0 Å². The van der Waals surface area contributed by atoms with Gasteiger partial charge in [0.05, 0.1) is 5.69 Å². The summed E-state index contributed by atoms with van der Waals surface area (Å²) in [6, 6.07) is 9.88. The average Bonchev–Trinajstić information content (AvgIpc) is 3.24. The Balaban J connectivity index is 1.71. The summed E-state index contributed by atoms with van der Waals surface area (Å²) in [5.74, 6) is -0.594. The number of amides is 1. The minimum Gasteiger partial charge on any atom is -0.329 e. The molecule has 0 bridgehead atoms. The third-order valence-electron chi connectivity index (χ3n) is 4.48. The zero-order chi connectivity index (χ0) is 19.8. The van der Waals surface area contributed by atoms with Gasteiger partial charge in [-0.3, -0.25) is 4.79 Å². The Hall–Kier alpha value is -3.06. The summed E-state index contributed by atoms with van der Waals surface area (Å²) in [5.41, 5.74) is 3.07. The van der Waals surface area contributed by atoms with Gasteiger partial charge in [0.2, 0.25) is 0 Å². The first kappa shape index (κ1) is 18.3. The van der Waals surface area contributed by atoms with E-state index in [1.54, 1.807) is 6.20 Å². The second-order valence-electron chi connectivity index (χ2n) is 6.81. The van der Waals surface area contributed by atoms with Crippen LogP contribution in [0.25, 0.3) is 21.6 Å². The maximum atomic E-state index is 13.1. The number of halogens is 1. The fourth-order valence-electron chi connectivity index (χ4n) is 3.09. The lowest BCUT2D eigenvalue weighted by atomic mass is 10.2. The van der Waals surface area contributed by atoms with Crippen molar-refractivity contribution in [2.24, 2.45) is 0 Å². The molecular weight excluding hydrogens is 375 g/mol. The summed E-state index contributed by atoms with van der Waals surface area (Å²) in [7, 11) is 0. The van der Waals surface area contributed by atoms with Crippen molar-refractivity contribution in [2.45, 2.75) is 26.8 Å². The molecule has 0 saturated heterocycles. The Morgan fingerprint density at radius 3 is 2.68 bits per heavy atom. The van der Waals surface area contributed by atoms with E-state index in [1.165, 1.54) is 35.6 Å². The van der Waals surface area contributed by atoms with Gasteiger partial charge in [0.1, 0.15) is 21.3 Å². The number of anilines is 1. The molecule has 0 aliphatic heterocycles. The largest absolute Gasteiger partial charge is 0.329 e. The van der Waals surface area contributed by atoms with Gasteiger partial charge in [-0.25, -0.2) is 14.4 Å². The van der Waals surface area contributed by atoms with Gasteiger partial charge in [-0.2, -0.15) is 0 Å². The van der Waals surface area contributed by atoms with Gasteiger partial charge in [-0.15, -0.1) is 11.3 Å². The lowest BCUT2D eigenvalue weighted by Crippen LogP contribution is -2.11. The van der Waals surface area contributed by atoms with Crippen LogP contribution in [-0.4, -0.2) is 20.4 Å². The van der Waals surface area contributed by atoms with Gasteiger partial charge in [0.25, 0.3) is 5.91 Å². The highest BCUT2D eigenvalue weighted by atomic mass is 32.1. The molecule has 1 N–H and O–H groups in total. The van der Waals surface area contributed by atoms with Crippen LogP contribution in [0.4, 0.5) is 10.1 Å². The number of aromatic nitrogens is 3. The molecule has 0 aliphatic carbocycles. The topological polar surface area (TPSA) is 59.8 Å². The zero-order valence-electron chi connectivity index (χ0n) is 15.7. The molecule has 4 aromatic rings. The summed E-state index contributed by atoms with van der Waals surface area (Å²) < 4.78 is 15.2. The number of nitrogens with zero attached hydrogens (tertiary/aromatic N) is 3. The zero-order valence-corrected chi connectivity index (χ0v) is 16.5. The first-order chi connectivity index (χ1) is 13.4. The van der Waals surface area contributed by atoms with Crippen LogP contribution in [0.3, 0.4) is 0 Å². The van der Waals surface area contributed by atoms with Crippen molar-refractivity contribution in [1.82, 2.24) is 14.5 Å². The predicted octanol–water partition coefficient (Wildman–Crippen LogP) is 5.44. The third-order valence-corrected chi connectivity index (χ3v) is 5.67. The number of thiazole rings is 1. The Morgan fingerprint density at radius 2 is 1.96 bits per heavy atom. The molecule has 0 spiro atoms. The monoisotopic (exact) mass is 394 g/mol. The normalized spacial score (nSPS) is 11.3. The van der Waals surface area contributed by atoms with Gasteiger partial charge in [-0.1, -0.05) is 0 Å². The van der Waals surface area contributed by atoms with Gasteiger partial charge in [0, 0.05) is 35.1 Å². The molecule has 7 heteroatoms. The number of hydrogen-bond donors (Lipinski definition) is 1. The second kappa shape index (κ2) is 7.16. The van der Waals surface area contributed by atoms with Crippen LogP contribution in [0, 0.1) is 12.7 Å². The van der Waals surface area contributed by atoms with Gasteiger partial charge in [-0.05, 0) is 57.2 Å². The molecule has 5 nitrogen and oxygen atoms in total. The lowest BCUT2D eigenvalue weighted by molar-refractivity contribution is 0.103. The van der Waals surface area contributed by atoms with E-state index >= 15 is 0 Å². The Kier molecular flexibility index (Phi) is 4.68. The van der Waals surface area contributed by atoms with Gasteiger partial charge in [0.15, 0.2) is 0 Å². The maximum absolute atomic E-state index is 13.1. The van der Waals surface area contributed by atoms with E-state index in [4.69, 9.17) is 0 Å². The van der Waals surface area contributed by atoms with Crippen molar-refractivity contribution in [2.75, 3.05) is 5.32 Å². The molecule has 28 heavy (non-hydrogen) atoms. The number of fused-ring (bicyclic) bond motifs is 1. The minimum absolute atomic E-state index is 0.251. The van der Waals surface area contributed by atoms with Crippen LogP contribution < -0.4 is 5.32 Å². The van der Waals surface area contributed by atoms with Crippen LogP contribution in [-0.2, 0) is 0 Å². The number of carbonyl (C=O) groups excluding carboxylic acids is 1. The summed E-state index contributed by atoms with van der Waals surface area (Å²) >= 11 is 1.34. The molecular formula is C21H19FN4OS. The smallest absolute Gasteiger partial charge is 0.267 e. The Morgan fingerprint density at radius 1 is 1.21 bits per heavy atom. The standard InChI is InChI=1S/C21H19FN4OS/c1-12(2)26-11-17(16-5-4-10-23-19(16)26)21-24-13(3)18(28-21)20(27)25-15-8-6-14(22)7-9-15/h4-12H,1-3H3,(H,25,27). The molecule has 0 aliphatic rings. The van der Waals surface area contributed by atoms with Crippen LogP contribution in [0.2, 0.25) is 0 Å². The number of nitrogens with one attached hydrogen (secondary N) is 1. The minimum atomic E-state index is -0.343. The molecule has 3 aromatic heterocycles. The SMILES string of the molecule is Cc1nc(-c2cn(C(C)C)c3ncccc23)sc1C(=O)Nc1ccc(F)cc1. The quantitative estimate of drug-likeness (QED) is 0.501. The second-order valence-corrected chi connectivity index (χ2v) is 7.81. The van der Waals surface area contributed by atoms with E-state index in [1.807, 2.05) is 25.3 Å². The van der Waals surface area contributed by atoms with E-state index in [2.05, 4.69) is 33.7 Å². The molecule has 3 heterocycles. The van der Waals surface area contributed by atoms with E-state index in [-0.39, 0.29) is 17.8 Å². The highest BCUT2D eigenvalue weighted by Gasteiger charge is 2.20. The number of carbonyl (C=O) groups is 1. The van der Waals surface area contributed by atoms with Crippen LogP contribution in [0.15, 0.2) is 48.8 Å². The van der Waals surface area contributed by atoms with Crippen molar-refractivity contribution < 1.29 is 9.18 Å². The van der Waals surface area contributed by atoms with Crippen molar-refractivity contribution in [3.63, 3.8) is 0 Å². The molecule has 142 valence electrons. The molecule has 0 radical (unpaired) electrons. The van der Waals surface area contributed by atoms with E-state index in [0.29, 0.717) is 16.3 Å². The predicted molar refractivity (Wildman–Crippen MR) is 110 cm³/mol. The van der Waals surface area contributed by atoms with E-state index in [0.717, 1.165) is 21.6 Å². The Labute approximate surface area is 165 Å². The van der Waals surface area contributed by atoms with Crippen molar-refractivity contribution >= 4 is 34.0 Å². The van der Waals surface area contributed by atoms with Crippen LogP contribution in [0.1, 0.15) is 35.3 Å². The third kappa shape index (κ3) is 3.29. The van der Waals surface area contributed by atoms with Crippen molar-refractivity contribution in [3.05, 3.63) is 65.2 Å². The summed E-state index contributed by atoms with van der Waals surface area (Å²) in [4.78, 5) is 22.4. The van der Waals surface area contributed by atoms with E-state index < -0.39 is 0 Å². The number of aryl methyl sites for hydroxylation is 1. The molecule has 4 rings (SSSR count). The molecule has 1 amide bonds. The summed E-state index contributed by atoms with van der Waals surface area (Å²) in [5, 5.41) is 4.59. The molecule has 0 saturated carbocycles. The summed E-state index contributed by atoms with van der Waals surface area (Å²) in [6.45, 7) is 6.03. The summed E-state index contributed by atoms with van der Waals surface area (Å²) in [6.07, 6.45) is 3.82. The highest BCUT2D eigenvalue weighted by Crippen LogP contribution is 2.35. The Bertz CT molecular complexity index is 1160. The molecule has 0 unspecified atom stereocenters. The maximum Gasteiger partial charge on any atom is 0.267 e. The van der Waals surface area contributed by atoms with E-state index in [9.17, 15) is 9.18 Å². The molecule has 0 atom stereocenters. The molecule has 1 aromatic carbocycles. The van der Waals surface area contributed by atoms with Crippen LogP contribution >= 0.6 is 11.3 Å². The fourth-order valence-corrected chi connectivity index (χ4v) is 4.08. The highest BCUT2D eigenvalue weighted by molar-refractivity contribution is 7.17. The number of pyridine rings is 1. The molecule has 0 fully saturated rings. The number of benzene rings is 1. The van der Waals surface area contributed by atoms with Gasteiger partial charge < -0.3 is 9.88 Å². The first-order valence-electron chi connectivity index (χ1n) is 8.94. The van der Waals surface area contributed by atoms with Gasteiger partial charge >= 0.3 is 0 Å². The fraction of sp³-hybridized carbons (Fsp3) is 0.190. The number of rotatable bonds is 4. The lowest BCUT2D eigenvalue weighted by Gasteiger charge is -2.07. The number of hydrogen-bond acceptors (Lipinski definition) is 4.